The summed E-state index contributed by atoms with van der Waals surface area (Å²) in [4.78, 5) is 5.07. The molecule has 0 aliphatic heterocycles. The summed E-state index contributed by atoms with van der Waals surface area (Å²) in [6.45, 7) is 5.30. The van der Waals surface area contributed by atoms with E-state index in [1.165, 1.54) is 11.3 Å². The zero-order valence-electron chi connectivity index (χ0n) is 7.94. The minimum atomic E-state index is -2.99. The van der Waals surface area contributed by atoms with Gasteiger partial charge in [0, 0.05) is 11.1 Å². The molecule has 0 spiro atoms. The molecule has 0 aliphatic carbocycles. The van der Waals surface area contributed by atoms with Gasteiger partial charge in [-0.2, -0.15) is 0 Å². The van der Waals surface area contributed by atoms with Crippen molar-refractivity contribution >= 4 is 21.2 Å². The van der Waals surface area contributed by atoms with E-state index in [2.05, 4.69) is 4.98 Å². The molecule has 13 heavy (non-hydrogen) atoms. The molecule has 0 fully saturated rings. The Morgan fingerprint density at radius 2 is 2.15 bits per heavy atom. The van der Waals surface area contributed by atoms with Crippen LogP contribution < -0.4 is 0 Å². The minimum Gasteiger partial charge on any atom is -0.248 e. The summed E-state index contributed by atoms with van der Waals surface area (Å²) in [6.07, 6.45) is 1.70. The first-order valence-electron chi connectivity index (χ1n) is 4.04. The number of hydrogen-bond donors (Lipinski definition) is 0. The highest BCUT2D eigenvalue weighted by Crippen LogP contribution is 2.16. The summed E-state index contributed by atoms with van der Waals surface area (Å²) in [5.41, 5.74) is 0. The van der Waals surface area contributed by atoms with Crippen LogP contribution in [0, 0.1) is 6.92 Å². The van der Waals surface area contributed by atoms with Gasteiger partial charge in [-0.05, 0) is 20.8 Å². The van der Waals surface area contributed by atoms with Crippen molar-refractivity contribution in [1.82, 2.24) is 4.98 Å². The second-order valence-electron chi connectivity index (χ2n) is 3.22. The number of thiazole rings is 1. The first-order chi connectivity index (χ1) is 5.92. The number of hydrogen-bond acceptors (Lipinski definition) is 4. The molecule has 0 saturated carbocycles. The third-order valence-corrected chi connectivity index (χ3v) is 4.92. The van der Waals surface area contributed by atoms with Crippen LogP contribution >= 0.6 is 11.3 Å². The van der Waals surface area contributed by atoms with Crippen molar-refractivity contribution in [3.8, 4) is 0 Å². The molecule has 3 nitrogen and oxygen atoms in total. The summed E-state index contributed by atoms with van der Waals surface area (Å²) in [5, 5.41) is 0.364. The Labute approximate surface area is 82.7 Å². The van der Waals surface area contributed by atoms with Gasteiger partial charge in [0.05, 0.1) is 5.25 Å². The van der Waals surface area contributed by atoms with E-state index in [1.807, 2.05) is 6.92 Å². The number of aryl methyl sites for hydroxylation is 1. The predicted molar refractivity (Wildman–Crippen MR) is 54.6 cm³/mol. The minimum absolute atomic E-state index is 0.0726. The van der Waals surface area contributed by atoms with Gasteiger partial charge in [0.25, 0.3) is 0 Å². The van der Waals surface area contributed by atoms with Gasteiger partial charge in [0.15, 0.2) is 9.84 Å². The smallest absolute Gasteiger partial charge is 0.159 e. The molecule has 0 aliphatic rings. The molecule has 0 saturated heterocycles. The van der Waals surface area contributed by atoms with E-state index < -0.39 is 9.84 Å². The Hall–Kier alpha value is -0.420. The van der Waals surface area contributed by atoms with E-state index in [1.54, 1.807) is 20.0 Å². The van der Waals surface area contributed by atoms with Crippen molar-refractivity contribution in [2.24, 2.45) is 0 Å². The number of aromatic nitrogens is 1. The molecule has 1 heterocycles. The van der Waals surface area contributed by atoms with Crippen LogP contribution in [-0.4, -0.2) is 18.7 Å². The monoisotopic (exact) mass is 219 g/mol. The maximum Gasteiger partial charge on any atom is 0.159 e. The second-order valence-corrected chi connectivity index (χ2v) is 7.10. The molecule has 0 aromatic carbocycles. The third kappa shape index (κ3) is 2.77. The fraction of sp³-hybridized carbons (Fsp3) is 0.625. The van der Waals surface area contributed by atoms with Gasteiger partial charge in [-0.15, -0.1) is 11.3 Å². The number of nitrogens with zero attached hydrogens (tertiary/aromatic N) is 1. The predicted octanol–water partition coefficient (Wildman–Crippen LogP) is 1.77. The maximum absolute atomic E-state index is 11.5. The first-order valence-corrected chi connectivity index (χ1v) is 6.58. The highest BCUT2D eigenvalue weighted by molar-refractivity contribution is 7.91. The van der Waals surface area contributed by atoms with Crippen LogP contribution in [0.1, 0.15) is 23.7 Å². The standard InChI is InChI=1S/C8H13NO2S2/c1-6(2)13(10,11)5-8-9-4-7(3)12-8/h4,6H,5H2,1-3H3. The van der Waals surface area contributed by atoms with Crippen LogP contribution in [-0.2, 0) is 15.6 Å². The van der Waals surface area contributed by atoms with Crippen molar-refractivity contribution in [1.29, 1.82) is 0 Å². The lowest BCUT2D eigenvalue weighted by Crippen LogP contribution is -2.15. The average Bonchev–Trinajstić information content (AvgIpc) is 2.34. The maximum atomic E-state index is 11.5. The van der Waals surface area contributed by atoms with Crippen LogP contribution in [0.15, 0.2) is 6.20 Å². The zero-order chi connectivity index (χ0) is 10.1. The highest BCUT2D eigenvalue weighted by Gasteiger charge is 2.18. The third-order valence-electron chi connectivity index (χ3n) is 1.71. The molecule has 0 radical (unpaired) electrons. The lowest BCUT2D eigenvalue weighted by molar-refractivity contribution is 0.586. The lowest BCUT2D eigenvalue weighted by atomic mass is 10.6. The Balaban J connectivity index is 2.81. The molecule has 74 valence electrons. The zero-order valence-corrected chi connectivity index (χ0v) is 9.58. The summed E-state index contributed by atoms with van der Waals surface area (Å²) in [6, 6.07) is 0. The van der Waals surface area contributed by atoms with Crippen molar-refractivity contribution in [3.63, 3.8) is 0 Å². The lowest BCUT2D eigenvalue weighted by Gasteiger charge is -2.04. The van der Waals surface area contributed by atoms with E-state index in [4.69, 9.17) is 0 Å². The summed E-state index contributed by atoms with van der Waals surface area (Å²) < 4.78 is 23.0. The van der Waals surface area contributed by atoms with Gasteiger partial charge in [-0.25, -0.2) is 13.4 Å². The van der Waals surface area contributed by atoms with Crippen LogP contribution in [0.3, 0.4) is 0 Å². The SMILES string of the molecule is Cc1cnc(CS(=O)(=O)C(C)C)s1. The Bertz CT molecular complexity index is 379. The van der Waals surface area contributed by atoms with Crippen molar-refractivity contribution in [2.75, 3.05) is 0 Å². The largest absolute Gasteiger partial charge is 0.248 e. The summed E-state index contributed by atoms with van der Waals surface area (Å²) >= 11 is 1.44. The topological polar surface area (TPSA) is 47.0 Å². The summed E-state index contributed by atoms with van der Waals surface area (Å²) in [7, 11) is -2.99. The fourth-order valence-electron chi connectivity index (χ4n) is 0.807. The van der Waals surface area contributed by atoms with Crippen molar-refractivity contribution in [3.05, 3.63) is 16.1 Å². The van der Waals surface area contributed by atoms with Crippen molar-refractivity contribution in [2.45, 2.75) is 31.8 Å². The fourth-order valence-corrected chi connectivity index (χ4v) is 2.87. The molecular weight excluding hydrogens is 206 g/mol. The normalized spacial score (nSPS) is 12.3. The van der Waals surface area contributed by atoms with Gasteiger partial charge in [-0.3, -0.25) is 0 Å². The molecule has 5 heteroatoms. The van der Waals surface area contributed by atoms with E-state index in [0.29, 0.717) is 5.01 Å². The van der Waals surface area contributed by atoms with E-state index in [0.717, 1.165) is 4.88 Å². The van der Waals surface area contributed by atoms with Gasteiger partial charge in [0.2, 0.25) is 0 Å². The quantitative estimate of drug-likeness (QED) is 0.778. The molecule has 0 atom stereocenters. The van der Waals surface area contributed by atoms with E-state index in [9.17, 15) is 8.42 Å². The molecular formula is C8H13NO2S2. The van der Waals surface area contributed by atoms with Crippen LogP contribution in [0.25, 0.3) is 0 Å². The Morgan fingerprint density at radius 1 is 1.54 bits per heavy atom. The van der Waals surface area contributed by atoms with E-state index >= 15 is 0 Å². The Kier molecular flexibility index (Phi) is 3.08. The van der Waals surface area contributed by atoms with Gasteiger partial charge >= 0.3 is 0 Å². The van der Waals surface area contributed by atoms with Gasteiger partial charge in [0.1, 0.15) is 10.8 Å². The molecule has 0 bridgehead atoms. The van der Waals surface area contributed by atoms with E-state index in [-0.39, 0.29) is 11.0 Å². The molecule has 1 rings (SSSR count). The van der Waals surface area contributed by atoms with Gasteiger partial charge in [-0.1, -0.05) is 0 Å². The summed E-state index contributed by atoms with van der Waals surface area (Å²) in [5.74, 6) is 0.0726. The second kappa shape index (κ2) is 3.75. The Morgan fingerprint density at radius 3 is 2.54 bits per heavy atom. The molecule has 1 aromatic heterocycles. The number of rotatable bonds is 3. The highest BCUT2D eigenvalue weighted by atomic mass is 32.2. The van der Waals surface area contributed by atoms with Crippen LogP contribution in [0.5, 0.6) is 0 Å². The van der Waals surface area contributed by atoms with Gasteiger partial charge < -0.3 is 0 Å². The van der Waals surface area contributed by atoms with Crippen LogP contribution in [0.4, 0.5) is 0 Å². The van der Waals surface area contributed by atoms with Crippen molar-refractivity contribution < 1.29 is 8.42 Å². The molecule has 0 amide bonds. The average molecular weight is 219 g/mol. The molecule has 0 unspecified atom stereocenters. The first kappa shape index (κ1) is 10.7. The molecule has 1 aromatic rings. The molecule has 0 N–H and O–H groups in total. The van der Waals surface area contributed by atoms with Crippen LogP contribution in [0.2, 0.25) is 0 Å². The number of sulfone groups is 1.